The Hall–Kier alpha value is -1.10. The summed E-state index contributed by atoms with van der Waals surface area (Å²) in [5.74, 6) is -0.0505. The third kappa shape index (κ3) is 7.27. The van der Waals surface area contributed by atoms with Gasteiger partial charge in [-0.3, -0.25) is 9.59 Å². The average molecular weight is 257 g/mol. The minimum Gasteiger partial charge on any atom is -0.359 e. The summed E-state index contributed by atoms with van der Waals surface area (Å²) in [5, 5.41) is 5.40. The number of nitrogens with two attached hydrogens (primary N) is 1. The van der Waals surface area contributed by atoms with Crippen LogP contribution in [0.15, 0.2) is 0 Å². The van der Waals surface area contributed by atoms with Gasteiger partial charge in [-0.2, -0.15) is 0 Å². The van der Waals surface area contributed by atoms with Crippen molar-refractivity contribution in [2.24, 2.45) is 11.1 Å². The van der Waals surface area contributed by atoms with E-state index in [4.69, 9.17) is 5.73 Å². The Labute approximate surface area is 110 Å². The summed E-state index contributed by atoms with van der Waals surface area (Å²) in [6.07, 6.45) is 4.53. The van der Waals surface area contributed by atoms with Crippen molar-refractivity contribution in [1.82, 2.24) is 10.6 Å². The second-order valence-electron chi connectivity index (χ2n) is 5.19. The largest absolute Gasteiger partial charge is 0.359 e. The Balaban J connectivity index is 3.73. The lowest BCUT2D eigenvalue weighted by Gasteiger charge is -2.22. The van der Waals surface area contributed by atoms with E-state index in [2.05, 4.69) is 10.6 Å². The first-order chi connectivity index (χ1) is 8.44. The van der Waals surface area contributed by atoms with Crippen molar-refractivity contribution in [2.45, 2.75) is 46.0 Å². The van der Waals surface area contributed by atoms with Crippen LogP contribution in [0.1, 0.15) is 46.0 Å². The zero-order valence-electron chi connectivity index (χ0n) is 11.8. The highest BCUT2D eigenvalue weighted by molar-refractivity contribution is 5.83. The summed E-state index contributed by atoms with van der Waals surface area (Å²) < 4.78 is 0. The molecule has 0 aliphatic carbocycles. The third-order valence-corrected chi connectivity index (χ3v) is 2.93. The monoisotopic (exact) mass is 257 g/mol. The van der Waals surface area contributed by atoms with Gasteiger partial charge in [-0.25, -0.2) is 0 Å². The molecule has 0 fully saturated rings. The minimum atomic E-state index is -0.566. The highest BCUT2D eigenvalue weighted by Crippen LogP contribution is 2.13. The zero-order chi connectivity index (χ0) is 14.0. The maximum atomic E-state index is 11.6. The van der Waals surface area contributed by atoms with E-state index in [1.165, 1.54) is 0 Å². The van der Waals surface area contributed by atoms with Crippen molar-refractivity contribution in [1.29, 1.82) is 0 Å². The van der Waals surface area contributed by atoms with Gasteiger partial charge in [-0.1, -0.05) is 12.8 Å². The van der Waals surface area contributed by atoms with Crippen LogP contribution in [0.5, 0.6) is 0 Å². The fourth-order valence-electron chi connectivity index (χ4n) is 1.61. The lowest BCUT2D eigenvalue weighted by atomic mass is 9.92. The molecule has 106 valence electrons. The zero-order valence-corrected chi connectivity index (χ0v) is 11.8. The molecule has 0 atom stereocenters. The molecule has 0 rings (SSSR count). The molecule has 0 aliphatic rings. The number of amides is 2. The molecule has 0 radical (unpaired) electrons. The standard InChI is InChI=1S/C13H27N3O2/c1-13(2,12(18)15-3)10-16-11(17)8-6-4-5-7-9-14/h4-10,14H2,1-3H3,(H,15,18)(H,16,17). The second kappa shape index (κ2) is 8.91. The highest BCUT2D eigenvalue weighted by Gasteiger charge is 2.26. The van der Waals surface area contributed by atoms with Gasteiger partial charge in [0.05, 0.1) is 5.41 Å². The molecule has 0 aromatic carbocycles. The lowest BCUT2D eigenvalue weighted by Crippen LogP contribution is -2.43. The van der Waals surface area contributed by atoms with Crippen molar-refractivity contribution in [3.05, 3.63) is 0 Å². The summed E-state index contributed by atoms with van der Waals surface area (Å²) in [6, 6.07) is 0. The molecule has 2 amide bonds. The van der Waals surface area contributed by atoms with E-state index in [1.54, 1.807) is 7.05 Å². The number of carbonyl (C=O) groups is 2. The number of hydrogen-bond donors (Lipinski definition) is 3. The first kappa shape index (κ1) is 16.9. The van der Waals surface area contributed by atoms with Crippen molar-refractivity contribution >= 4 is 11.8 Å². The van der Waals surface area contributed by atoms with Crippen molar-refractivity contribution in [3.63, 3.8) is 0 Å². The molecule has 18 heavy (non-hydrogen) atoms. The van der Waals surface area contributed by atoms with Crippen molar-refractivity contribution in [3.8, 4) is 0 Å². The van der Waals surface area contributed by atoms with Gasteiger partial charge in [-0.05, 0) is 33.2 Å². The first-order valence-corrected chi connectivity index (χ1v) is 6.63. The molecule has 0 spiro atoms. The lowest BCUT2D eigenvalue weighted by molar-refractivity contribution is -0.129. The summed E-state index contributed by atoms with van der Waals surface area (Å²) >= 11 is 0. The van der Waals surface area contributed by atoms with E-state index in [0.29, 0.717) is 19.5 Å². The maximum absolute atomic E-state index is 11.6. The number of carbonyl (C=O) groups excluding carboxylic acids is 2. The molecule has 0 saturated carbocycles. The Morgan fingerprint density at radius 1 is 1.11 bits per heavy atom. The molecule has 0 saturated heterocycles. The van der Waals surface area contributed by atoms with Crippen LogP contribution in [0.3, 0.4) is 0 Å². The number of hydrogen-bond acceptors (Lipinski definition) is 3. The van der Waals surface area contributed by atoms with Gasteiger partial charge in [0.25, 0.3) is 0 Å². The molecule has 0 aromatic heterocycles. The molecular weight excluding hydrogens is 230 g/mol. The van der Waals surface area contributed by atoms with Crippen LogP contribution in [-0.4, -0.2) is 32.0 Å². The molecule has 5 nitrogen and oxygen atoms in total. The van der Waals surface area contributed by atoms with E-state index >= 15 is 0 Å². The van der Waals surface area contributed by atoms with Crippen LogP contribution < -0.4 is 16.4 Å². The Kier molecular flexibility index (Phi) is 8.37. The van der Waals surface area contributed by atoms with E-state index in [1.807, 2.05) is 13.8 Å². The molecule has 0 aliphatic heterocycles. The second-order valence-corrected chi connectivity index (χ2v) is 5.19. The van der Waals surface area contributed by atoms with E-state index in [0.717, 1.165) is 25.7 Å². The van der Waals surface area contributed by atoms with E-state index in [-0.39, 0.29) is 11.8 Å². The van der Waals surface area contributed by atoms with Gasteiger partial charge in [0.1, 0.15) is 0 Å². The highest BCUT2D eigenvalue weighted by atomic mass is 16.2. The van der Waals surface area contributed by atoms with Gasteiger partial charge >= 0.3 is 0 Å². The van der Waals surface area contributed by atoms with Gasteiger partial charge in [-0.15, -0.1) is 0 Å². The maximum Gasteiger partial charge on any atom is 0.227 e. The van der Waals surface area contributed by atoms with Crippen LogP contribution in [0.25, 0.3) is 0 Å². The average Bonchev–Trinajstić information content (AvgIpc) is 2.35. The summed E-state index contributed by atoms with van der Waals surface area (Å²) in [5.41, 5.74) is 4.82. The van der Waals surface area contributed by atoms with E-state index < -0.39 is 5.41 Å². The molecule has 4 N–H and O–H groups in total. The third-order valence-electron chi connectivity index (χ3n) is 2.93. The quantitative estimate of drug-likeness (QED) is 0.534. The molecule has 5 heteroatoms. The normalized spacial score (nSPS) is 11.1. The summed E-state index contributed by atoms with van der Waals surface area (Å²) in [7, 11) is 1.60. The van der Waals surface area contributed by atoms with Crippen LogP contribution in [0.4, 0.5) is 0 Å². The van der Waals surface area contributed by atoms with Gasteiger partial charge in [0, 0.05) is 20.0 Å². The number of rotatable bonds is 9. The number of nitrogens with one attached hydrogen (secondary N) is 2. The van der Waals surface area contributed by atoms with Crippen molar-refractivity contribution < 1.29 is 9.59 Å². The predicted octanol–water partition coefficient (Wildman–Crippen LogP) is 0.784. The SMILES string of the molecule is CNC(=O)C(C)(C)CNC(=O)CCCCCCN. The van der Waals surface area contributed by atoms with Crippen LogP contribution >= 0.6 is 0 Å². The van der Waals surface area contributed by atoms with Crippen LogP contribution in [0, 0.1) is 5.41 Å². The Bertz CT molecular complexity index is 265. The minimum absolute atomic E-state index is 0.0136. The molecule has 0 bridgehead atoms. The topological polar surface area (TPSA) is 84.2 Å². The van der Waals surface area contributed by atoms with Crippen LogP contribution in [0.2, 0.25) is 0 Å². The smallest absolute Gasteiger partial charge is 0.227 e. The predicted molar refractivity (Wildman–Crippen MR) is 73.0 cm³/mol. The fourth-order valence-corrected chi connectivity index (χ4v) is 1.61. The first-order valence-electron chi connectivity index (χ1n) is 6.63. The summed E-state index contributed by atoms with van der Waals surface area (Å²) in [6.45, 7) is 4.71. The summed E-state index contributed by atoms with van der Waals surface area (Å²) in [4.78, 5) is 23.1. The van der Waals surface area contributed by atoms with Crippen LogP contribution in [-0.2, 0) is 9.59 Å². The molecule has 0 unspecified atom stereocenters. The van der Waals surface area contributed by atoms with Gasteiger partial charge in [0.15, 0.2) is 0 Å². The van der Waals surface area contributed by atoms with Gasteiger partial charge < -0.3 is 16.4 Å². The van der Waals surface area contributed by atoms with Crippen molar-refractivity contribution in [2.75, 3.05) is 20.1 Å². The molecule has 0 aromatic rings. The molecule has 0 heterocycles. The van der Waals surface area contributed by atoms with E-state index in [9.17, 15) is 9.59 Å². The molecular formula is C13H27N3O2. The Morgan fingerprint density at radius 2 is 1.72 bits per heavy atom. The fraction of sp³-hybridized carbons (Fsp3) is 0.846. The number of unbranched alkanes of at least 4 members (excludes halogenated alkanes) is 3. The van der Waals surface area contributed by atoms with Gasteiger partial charge in [0.2, 0.25) is 11.8 Å². The Morgan fingerprint density at radius 3 is 2.28 bits per heavy atom.